The summed E-state index contributed by atoms with van der Waals surface area (Å²) >= 11 is 0. The van der Waals surface area contributed by atoms with E-state index in [1.54, 1.807) is 0 Å². The van der Waals surface area contributed by atoms with Crippen molar-refractivity contribution in [2.24, 2.45) is 5.73 Å². The Bertz CT molecular complexity index is 1010. The van der Waals surface area contributed by atoms with Crippen LogP contribution in [0.2, 0.25) is 0 Å². The molecule has 0 unspecified atom stereocenters. The van der Waals surface area contributed by atoms with E-state index in [0.717, 1.165) is 61.0 Å². The molecule has 202 valence electrons. The standard InChI is InChI=1S/C29H41N3O5/c1-3-23-20-25(14-15-26(23)24-12-10-22(11-13-24)19-27(30)29(35)36)37-18-8-7-17-32-28(34)9-5-4-6-16-31-21(2)33/h10-15,20,27H,3-9,16-19,30H2,1-2H3,(H,31,33)(H,32,34)(H,35,36)/t27-/m0/s1. The average molecular weight is 512 g/mol. The Balaban J connectivity index is 1.69. The smallest absolute Gasteiger partial charge is 0.320 e. The van der Waals surface area contributed by atoms with Crippen molar-refractivity contribution in [3.8, 4) is 16.9 Å². The molecule has 0 heterocycles. The predicted molar refractivity (Wildman–Crippen MR) is 145 cm³/mol. The fraction of sp³-hybridized carbons (Fsp3) is 0.483. The summed E-state index contributed by atoms with van der Waals surface area (Å²) in [6.07, 6.45) is 6.01. The van der Waals surface area contributed by atoms with Gasteiger partial charge in [0.2, 0.25) is 11.8 Å². The minimum Gasteiger partial charge on any atom is -0.494 e. The van der Waals surface area contributed by atoms with Crippen molar-refractivity contribution >= 4 is 17.8 Å². The third-order valence-electron chi connectivity index (χ3n) is 6.11. The minimum atomic E-state index is -1.000. The summed E-state index contributed by atoms with van der Waals surface area (Å²) in [6.45, 7) is 5.50. The first kappa shape index (κ1) is 29.8. The molecule has 2 aromatic carbocycles. The number of rotatable bonds is 17. The van der Waals surface area contributed by atoms with E-state index < -0.39 is 12.0 Å². The van der Waals surface area contributed by atoms with Gasteiger partial charge in [-0.05, 0) is 72.9 Å². The molecule has 2 rings (SSSR count). The molecule has 0 fully saturated rings. The normalized spacial score (nSPS) is 11.5. The zero-order valence-corrected chi connectivity index (χ0v) is 22.1. The zero-order valence-electron chi connectivity index (χ0n) is 22.1. The number of hydrogen-bond donors (Lipinski definition) is 4. The lowest BCUT2D eigenvalue weighted by molar-refractivity contribution is -0.138. The lowest BCUT2D eigenvalue weighted by Gasteiger charge is -2.13. The lowest BCUT2D eigenvalue weighted by Crippen LogP contribution is -2.32. The van der Waals surface area contributed by atoms with Crippen LogP contribution in [0.4, 0.5) is 0 Å². The van der Waals surface area contributed by atoms with Crippen molar-refractivity contribution in [2.45, 2.75) is 71.3 Å². The second-order valence-electron chi connectivity index (χ2n) is 9.22. The van der Waals surface area contributed by atoms with Crippen molar-refractivity contribution in [1.82, 2.24) is 10.6 Å². The highest BCUT2D eigenvalue weighted by Gasteiger charge is 2.12. The largest absolute Gasteiger partial charge is 0.494 e. The van der Waals surface area contributed by atoms with Crippen LogP contribution in [0.25, 0.3) is 11.1 Å². The summed E-state index contributed by atoms with van der Waals surface area (Å²) in [6, 6.07) is 13.0. The van der Waals surface area contributed by atoms with Crippen LogP contribution in [0.5, 0.6) is 5.75 Å². The van der Waals surface area contributed by atoms with Gasteiger partial charge in [-0.25, -0.2) is 0 Å². The number of unbranched alkanes of at least 4 members (excludes halogenated alkanes) is 3. The van der Waals surface area contributed by atoms with Crippen molar-refractivity contribution in [3.63, 3.8) is 0 Å². The summed E-state index contributed by atoms with van der Waals surface area (Å²) < 4.78 is 5.94. The van der Waals surface area contributed by atoms with Gasteiger partial charge in [0.25, 0.3) is 0 Å². The molecule has 0 aliphatic heterocycles. The Hall–Kier alpha value is -3.39. The molecular formula is C29H41N3O5. The molecule has 0 aliphatic carbocycles. The van der Waals surface area contributed by atoms with E-state index in [1.165, 1.54) is 12.5 Å². The number of ether oxygens (including phenoxy) is 1. The highest BCUT2D eigenvalue weighted by Crippen LogP contribution is 2.28. The van der Waals surface area contributed by atoms with Crippen LogP contribution >= 0.6 is 0 Å². The number of aliphatic carboxylic acids is 1. The Labute approximate surface area is 220 Å². The summed E-state index contributed by atoms with van der Waals surface area (Å²) in [5, 5.41) is 14.7. The van der Waals surface area contributed by atoms with Crippen molar-refractivity contribution in [2.75, 3.05) is 19.7 Å². The SMILES string of the molecule is CCc1cc(OCCCCNC(=O)CCCCCNC(C)=O)ccc1-c1ccc(C[C@H](N)C(=O)O)cc1. The van der Waals surface area contributed by atoms with Gasteiger partial charge in [-0.3, -0.25) is 14.4 Å². The predicted octanol–water partition coefficient (Wildman–Crippen LogP) is 3.84. The topological polar surface area (TPSA) is 131 Å². The number of aryl methyl sites for hydroxylation is 1. The molecule has 8 heteroatoms. The monoisotopic (exact) mass is 511 g/mol. The molecular weight excluding hydrogens is 470 g/mol. The van der Waals surface area contributed by atoms with Crippen LogP contribution in [0.15, 0.2) is 42.5 Å². The second-order valence-corrected chi connectivity index (χ2v) is 9.22. The Kier molecular flexibility index (Phi) is 13.2. The molecule has 0 aromatic heterocycles. The average Bonchev–Trinajstić information content (AvgIpc) is 2.88. The van der Waals surface area contributed by atoms with Gasteiger partial charge in [0.1, 0.15) is 11.8 Å². The third kappa shape index (κ3) is 11.5. The van der Waals surface area contributed by atoms with Gasteiger partial charge in [0, 0.05) is 26.4 Å². The number of carboxylic acid groups (broad SMARTS) is 1. The Morgan fingerprint density at radius 1 is 0.946 bits per heavy atom. The first-order chi connectivity index (χ1) is 17.8. The number of benzene rings is 2. The molecule has 0 bridgehead atoms. The minimum absolute atomic E-state index is 0.0195. The maximum absolute atomic E-state index is 11.9. The maximum atomic E-state index is 11.9. The van der Waals surface area contributed by atoms with Crippen LogP contribution in [-0.4, -0.2) is 48.6 Å². The summed E-state index contributed by atoms with van der Waals surface area (Å²) in [4.78, 5) is 33.7. The third-order valence-corrected chi connectivity index (χ3v) is 6.11. The van der Waals surface area contributed by atoms with E-state index in [2.05, 4.69) is 29.7 Å². The molecule has 8 nitrogen and oxygen atoms in total. The van der Waals surface area contributed by atoms with Crippen LogP contribution in [0, 0.1) is 0 Å². The quantitative estimate of drug-likeness (QED) is 0.239. The molecule has 0 aliphatic rings. The first-order valence-corrected chi connectivity index (χ1v) is 13.1. The molecule has 2 aromatic rings. The van der Waals surface area contributed by atoms with Crippen molar-refractivity contribution < 1.29 is 24.2 Å². The zero-order chi connectivity index (χ0) is 27.0. The summed E-state index contributed by atoms with van der Waals surface area (Å²) in [5.74, 6) is -0.121. The van der Waals surface area contributed by atoms with Crippen LogP contribution in [0.1, 0.15) is 63.5 Å². The molecule has 0 saturated carbocycles. The van der Waals surface area contributed by atoms with Gasteiger partial charge in [0.05, 0.1) is 6.61 Å². The van der Waals surface area contributed by atoms with Gasteiger partial charge in [-0.2, -0.15) is 0 Å². The number of carbonyl (C=O) groups is 3. The molecule has 0 spiro atoms. The Morgan fingerprint density at radius 3 is 2.32 bits per heavy atom. The first-order valence-electron chi connectivity index (χ1n) is 13.1. The van der Waals surface area contributed by atoms with Crippen molar-refractivity contribution in [3.05, 3.63) is 53.6 Å². The summed E-state index contributed by atoms with van der Waals surface area (Å²) in [7, 11) is 0. The fourth-order valence-corrected chi connectivity index (χ4v) is 3.98. The lowest BCUT2D eigenvalue weighted by atomic mass is 9.96. The van der Waals surface area contributed by atoms with E-state index in [9.17, 15) is 14.4 Å². The number of nitrogens with one attached hydrogen (secondary N) is 2. The molecule has 0 saturated heterocycles. The molecule has 0 radical (unpaired) electrons. The van der Waals surface area contributed by atoms with E-state index in [0.29, 0.717) is 32.5 Å². The van der Waals surface area contributed by atoms with Crippen LogP contribution in [0.3, 0.4) is 0 Å². The number of nitrogens with two attached hydrogens (primary N) is 1. The Morgan fingerprint density at radius 2 is 1.65 bits per heavy atom. The summed E-state index contributed by atoms with van der Waals surface area (Å²) in [5.41, 5.74) is 9.90. The maximum Gasteiger partial charge on any atom is 0.320 e. The number of carbonyl (C=O) groups excluding carboxylic acids is 2. The molecule has 5 N–H and O–H groups in total. The van der Waals surface area contributed by atoms with Gasteiger partial charge in [-0.1, -0.05) is 43.7 Å². The number of hydrogen-bond acceptors (Lipinski definition) is 5. The van der Waals surface area contributed by atoms with E-state index in [-0.39, 0.29) is 11.8 Å². The number of carboxylic acids is 1. The molecule has 1 atom stereocenters. The van der Waals surface area contributed by atoms with Crippen LogP contribution < -0.4 is 21.1 Å². The second kappa shape index (κ2) is 16.4. The van der Waals surface area contributed by atoms with E-state index >= 15 is 0 Å². The van der Waals surface area contributed by atoms with Gasteiger partial charge in [-0.15, -0.1) is 0 Å². The highest BCUT2D eigenvalue weighted by atomic mass is 16.5. The van der Waals surface area contributed by atoms with Crippen LogP contribution in [-0.2, 0) is 27.2 Å². The van der Waals surface area contributed by atoms with Gasteiger partial charge >= 0.3 is 5.97 Å². The van der Waals surface area contributed by atoms with Crippen molar-refractivity contribution in [1.29, 1.82) is 0 Å². The van der Waals surface area contributed by atoms with Gasteiger partial charge < -0.3 is 26.2 Å². The fourth-order valence-electron chi connectivity index (χ4n) is 3.98. The molecule has 37 heavy (non-hydrogen) atoms. The van der Waals surface area contributed by atoms with E-state index in [1.807, 2.05) is 30.3 Å². The number of amides is 2. The van der Waals surface area contributed by atoms with Gasteiger partial charge in [0.15, 0.2) is 0 Å². The van der Waals surface area contributed by atoms with E-state index in [4.69, 9.17) is 15.6 Å². The highest BCUT2D eigenvalue weighted by molar-refractivity contribution is 5.76. The molecule has 2 amide bonds.